The number of carbonyl (C=O) groups excluding carboxylic acids is 1. The molecule has 0 N–H and O–H groups in total. The van der Waals surface area contributed by atoms with Crippen molar-refractivity contribution in [2.24, 2.45) is 5.92 Å². The van der Waals surface area contributed by atoms with Crippen LogP contribution in [0.3, 0.4) is 0 Å². The van der Waals surface area contributed by atoms with E-state index >= 15 is 0 Å². The molecule has 0 unspecified atom stereocenters. The highest BCUT2D eigenvalue weighted by Crippen LogP contribution is 2.23. The predicted molar refractivity (Wildman–Crippen MR) is 115 cm³/mol. The van der Waals surface area contributed by atoms with Crippen LogP contribution in [-0.2, 0) is 16.1 Å². The minimum Gasteiger partial charge on any atom is -0.488 e. The summed E-state index contributed by atoms with van der Waals surface area (Å²) in [7, 11) is 0. The van der Waals surface area contributed by atoms with E-state index in [1.165, 1.54) is 0 Å². The van der Waals surface area contributed by atoms with Gasteiger partial charge in [0.1, 0.15) is 30.6 Å². The number of nitrogens with zero attached hydrogens (tertiary/aromatic N) is 2. The molecule has 0 spiro atoms. The second-order valence-electron chi connectivity index (χ2n) is 7.25. The van der Waals surface area contributed by atoms with Crippen LogP contribution in [0.1, 0.15) is 37.2 Å². The van der Waals surface area contributed by atoms with Gasteiger partial charge in [-0.1, -0.05) is 37.6 Å². The Morgan fingerprint density at radius 2 is 2.00 bits per heavy atom. The van der Waals surface area contributed by atoms with Crippen LogP contribution in [0.2, 0.25) is 5.02 Å². The molecule has 6 heteroatoms. The van der Waals surface area contributed by atoms with Gasteiger partial charge in [0.05, 0.1) is 5.02 Å². The highest BCUT2D eigenvalue weighted by atomic mass is 35.5. The van der Waals surface area contributed by atoms with Gasteiger partial charge in [0.15, 0.2) is 0 Å². The largest absolute Gasteiger partial charge is 0.488 e. The van der Waals surface area contributed by atoms with Crippen molar-refractivity contribution in [3.05, 3.63) is 57.9 Å². The van der Waals surface area contributed by atoms with E-state index in [1.807, 2.05) is 26.0 Å². The zero-order chi connectivity index (χ0) is 21.4. The van der Waals surface area contributed by atoms with Crippen LogP contribution in [0.4, 0.5) is 0 Å². The number of nitriles is 1. The first-order valence-corrected chi connectivity index (χ1v) is 10.0. The lowest BCUT2D eigenvalue weighted by Gasteiger charge is -2.11. The molecular formula is C23H27ClN2O3. The number of rotatable bonds is 9. The van der Waals surface area contributed by atoms with E-state index in [-0.39, 0.29) is 18.8 Å². The van der Waals surface area contributed by atoms with Crippen LogP contribution in [0, 0.1) is 31.1 Å². The van der Waals surface area contributed by atoms with Crippen LogP contribution in [0.15, 0.2) is 35.9 Å². The maximum atomic E-state index is 12.3. The van der Waals surface area contributed by atoms with Gasteiger partial charge in [-0.2, -0.15) is 5.26 Å². The SMILES string of the molecule is Cc1cc(/C=C(\C#N)C(=O)OCCOc2ccccc2Cl)c(C)n1CCC(C)C. The number of benzene rings is 1. The number of hydrogen-bond acceptors (Lipinski definition) is 4. The van der Waals surface area contributed by atoms with Crippen molar-refractivity contribution in [3.63, 3.8) is 0 Å². The smallest absolute Gasteiger partial charge is 0.349 e. The Labute approximate surface area is 177 Å². The zero-order valence-corrected chi connectivity index (χ0v) is 18.1. The topological polar surface area (TPSA) is 64.2 Å². The molecule has 0 aliphatic carbocycles. The molecule has 0 aliphatic rings. The van der Waals surface area contributed by atoms with E-state index in [0.717, 1.165) is 29.9 Å². The van der Waals surface area contributed by atoms with Gasteiger partial charge >= 0.3 is 5.97 Å². The third kappa shape index (κ3) is 6.40. The average molecular weight is 415 g/mol. The van der Waals surface area contributed by atoms with Gasteiger partial charge in [-0.3, -0.25) is 0 Å². The van der Waals surface area contributed by atoms with Crippen LogP contribution in [-0.4, -0.2) is 23.8 Å². The lowest BCUT2D eigenvalue weighted by atomic mass is 10.1. The Morgan fingerprint density at radius 1 is 1.28 bits per heavy atom. The first kappa shape index (κ1) is 22.6. The van der Waals surface area contributed by atoms with E-state index in [9.17, 15) is 10.1 Å². The first-order chi connectivity index (χ1) is 13.8. The van der Waals surface area contributed by atoms with E-state index in [2.05, 4.69) is 18.4 Å². The molecule has 5 nitrogen and oxygen atoms in total. The standard InChI is InChI=1S/C23H27ClN2O3/c1-16(2)9-10-26-17(3)13-19(18(26)4)14-20(15-25)23(27)29-12-11-28-22-8-6-5-7-21(22)24/h5-8,13-14,16H,9-12H2,1-4H3/b20-14+. The van der Waals surface area contributed by atoms with Crippen molar-refractivity contribution in [1.29, 1.82) is 5.26 Å². The molecule has 0 bridgehead atoms. The number of ether oxygens (including phenoxy) is 2. The molecular weight excluding hydrogens is 388 g/mol. The van der Waals surface area contributed by atoms with Gasteiger partial charge in [-0.25, -0.2) is 4.79 Å². The second-order valence-corrected chi connectivity index (χ2v) is 7.65. The number of esters is 1. The fraction of sp³-hybridized carbons (Fsp3) is 0.391. The van der Waals surface area contributed by atoms with Gasteiger partial charge < -0.3 is 14.0 Å². The number of carbonyl (C=O) groups is 1. The van der Waals surface area contributed by atoms with Crippen molar-refractivity contribution in [2.75, 3.05) is 13.2 Å². The zero-order valence-electron chi connectivity index (χ0n) is 17.4. The summed E-state index contributed by atoms with van der Waals surface area (Å²) in [6, 6.07) is 11.0. The summed E-state index contributed by atoms with van der Waals surface area (Å²) in [4.78, 5) is 12.3. The molecule has 2 rings (SSSR count). The Bertz CT molecular complexity index is 923. The van der Waals surface area contributed by atoms with Crippen molar-refractivity contribution in [1.82, 2.24) is 4.57 Å². The van der Waals surface area contributed by atoms with E-state index in [1.54, 1.807) is 30.3 Å². The molecule has 0 amide bonds. The Balaban J connectivity index is 1.98. The molecule has 0 atom stereocenters. The quantitative estimate of drug-likeness (QED) is 0.240. The molecule has 1 aromatic carbocycles. The van der Waals surface area contributed by atoms with Gasteiger partial charge in [-0.15, -0.1) is 0 Å². The van der Waals surface area contributed by atoms with Gasteiger partial charge in [0.25, 0.3) is 0 Å². The molecule has 0 radical (unpaired) electrons. The monoisotopic (exact) mass is 414 g/mol. The third-order valence-corrected chi connectivity index (χ3v) is 4.91. The lowest BCUT2D eigenvalue weighted by Crippen LogP contribution is -2.13. The number of para-hydroxylation sites is 1. The first-order valence-electron chi connectivity index (χ1n) is 9.66. The number of aromatic nitrogens is 1. The summed E-state index contributed by atoms with van der Waals surface area (Å²) in [5, 5.41) is 9.89. The number of aryl methyl sites for hydroxylation is 1. The van der Waals surface area contributed by atoms with E-state index in [4.69, 9.17) is 21.1 Å². The summed E-state index contributed by atoms with van der Waals surface area (Å²) >= 11 is 6.01. The number of hydrogen-bond donors (Lipinski definition) is 0. The molecule has 1 aromatic heterocycles. The number of halogens is 1. The minimum atomic E-state index is -0.665. The molecule has 2 aromatic rings. The minimum absolute atomic E-state index is 0.0243. The molecule has 154 valence electrons. The normalized spacial score (nSPS) is 11.4. The van der Waals surface area contributed by atoms with Crippen LogP contribution >= 0.6 is 11.6 Å². The van der Waals surface area contributed by atoms with Crippen molar-refractivity contribution < 1.29 is 14.3 Å². The summed E-state index contributed by atoms with van der Waals surface area (Å²) in [5.41, 5.74) is 2.96. The highest BCUT2D eigenvalue weighted by molar-refractivity contribution is 6.32. The van der Waals surface area contributed by atoms with Crippen LogP contribution < -0.4 is 4.74 Å². The summed E-state index contributed by atoms with van der Waals surface area (Å²) < 4.78 is 12.9. The summed E-state index contributed by atoms with van der Waals surface area (Å²) in [5.74, 6) is 0.463. The van der Waals surface area contributed by atoms with Gasteiger partial charge in [0, 0.05) is 17.9 Å². The third-order valence-electron chi connectivity index (χ3n) is 4.59. The van der Waals surface area contributed by atoms with Crippen molar-refractivity contribution in [2.45, 2.75) is 40.7 Å². The summed E-state index contributed by atoms with van der Waals surface area (Å²) in [6.07, 6.45) is 2.66. The Kier molecular flexibility index (Phi) is 8.35. The van der Waals surface area contributed by atoms with Crippen molar-refractivity contribution in [3.8, 4) is 11.8 Å². The average Bonchev–Trinajstić information content (AvgIpc) is 2.95. The van der Waals surface area contributed by atoms with Gasteiger partial charge in [0.2, 0.25) is 0 Å². The molecule has 29 heavy (non-hydrogen) atoms. The maximum absolute atomic E-state index is 12.3. The Hall–Kier alpha value is -2.71. The lowest BCUT2D eigenvalue weighted by molar-refractivity contribution is -0.139. The maximum Gasteiger partial charge on any atom is 0.349 e. The molecule has 1 heterocycles. The highest BCUT2D eigenvalue weighted by Gasteiger charge is 2.14. The molecule has 0 aliphatic heterocycles. The van der Waals surface area contributed by atoms with Gasteiger partial charge in [-0.05, 0) is 56.0 Å². The summed E-state index contributed by atoms with van der Waals surface area (Å²) in [6.45, 7) is 9.49. The van der Waals surface area contributed by atoms with Crippen LogP contribution in [0.5, 0.6) is 5.75 Å². The van der Waals surface area contributed by atoms with Crippen molar-refractivity contribution >= 4 is 23.6 Å². The second kappa shape index (κ2) is 10.7. The van der Waals surface area contributed by atoms with E-state index < -0.39 is 5.97 Å². The predicted octanol–water partition coefficient (Wildman–Crippen LogP) is 5.33. The van der Waals surface area contributed by atoms with E-state index in [0.29, 0.717) is 16.7 Å². The molecule has 0 saturated heterocycles. The van der Waals surface area contributed by atoms with Crippen LogP contribution in [0.25, 0.3) is 6.08 Å². The molecule has 0 saturated carbocycles. The fourth-order valence-electron chi connectivity index (χ4n) is 2.92. The Morgan fingerprint density at radius 3 is 2.66 bits per heavy atom. The fourth-order valence-corrected chi connectivity index (χ4v) is 3.11. The molecule has 0 fully saturated rings.